The second-order valence-corrected chi connectivity index (χ2v) is 4.33. The Bertz CT molecular complexity index is 443. The number of aryl methyl sites for hydroxylation is 2. The molecule has 0 spiro atoms. The Morgan fingerprint density at radius 2 is 1.71 bits per heavy atom. The Balaban J connectivity index is 2.49. The first kappa shape index (κ1) is 11.8. The molecule has 0 saturated carbocycles. The van der Waals surface area contributed by atoms with Gasteiger partial charge in [0.05, 0.1) is 18.7 Å². The molecule has 1 aliphatic rings. The van der Waals surface area contributed by atoms with Crippen molar-refractivity contribution in [3.63, 3.8) is 0 Å². The number of hydrogen-bond donors (Lipinski definition) is 0. The van der Waals surface area contributed by atoms with Crippen molar-refractivity contribution < 1.29 is 9.59 Å². The Kier molecular flexibility index (Phi) is 3.27. The van der Waals surface area contributed by atoms with Gasteiger partial charge in [-0.05, 0) is 24.0 Å². The highest BCUT2D eigenvalue weighted by Gasteiger charge is 2.30. The van der Waals surface area contributed by atoms with E-state index >= 15 is 0 Å². The summed E-state index contributed by atoms with van der Waals surface area (Å²) in [5.41, 5.74) is 3.26. The number of carbonyl (C=O) groups excluding carboxylic acids is 2. The maximum absolute atomic E-state index is 11.8. The highest BCUT2D eigenvalue weighted by atomic mass is 16.2. The predicted octanol–water partition coefficient (Wildman–Crippen LogP) is 2.12. The zero-order valence-corrected chi connectivity index (χ0v) is 10.3. The molecule has 17 heavy (non-hydrogen) atoms. The maximum Gasteiger partial charge on any atom is 0.234 e. The third kappa shape index (κ3) is 2.09. The highest BCUT2D eigenvalue weighted by Crippen LogP contribution is 2.29. The van der Waals surface area contributed by atoms with Crippen LogP contribution < -0.4 is 4.90 Å². The lowest BCUT2D eigenvalue weighted by molar-refractivity contribution is -0.121. The van der Waals surface area contributed by atoms with E-state index in [4.69, 9.17) is 0 Å². The van der Waals surface area contributed by atoms with Crippen LogP contribution in [-0.4, -0.2) is 18.2 Å². The van der Waals surface area contributed by atoms with Crippen LogP contribution in [0, 0.1) is 0 Å². The van der Waals surface area contributed by atoms with E-state index in [1.165, 1.54) is 0 Å². The van der Waals surface area contributed by atoms with E-state index < -0.39 is 0 Å². The standard InChI is InChI=1S/C14H17NO2/c1-3-10-6-5-7-11(4-2)14(10)15-9-12(16)8-13(15)17/h5-7H,3-4,8-9H2,1-2H3. The smallest absolute Gasteiger partial charge is 0.234 e. The second-order valence-electron chi connectivity index (χ2n) is 4.33. The van der Waals surface area contributed by atoms with Crippen LogP contribution in [0.4, 0.5) is 5.69 Å². The first-order chi connectivity index (χ1) is 8.17. The molecular formula is C14H17NO2. The minimum absolute atomic E-state index is 0.0166. The van der Waals surface area contributed by atoms with Gasteiger partial charge in [0.1, 0.15) is 0 Å². The zero-order valence-electron chi connectivity index (χ0n) is 10.3. The molecule has 90 valence electrons. The van der Waals surface area contributed by atoms with Crippen LogP contribution in [0.25, 0.3) is 0 Å². The van der Waals surface area contributed by atoms with E-state index in [2.05, 4.69) is 13.8 Å². The molecule has 0 aromatic heterocycles. The fourth-order valence-corrected chi connectivity index (χ4v) is 2.35. The van der Waals surface area contributed by atoms with Gasteiger partial charge in [0.2, 0.25) is 5.91 Å². The molecule has 2 rings (SSSR count). The molecule has 1 saturated heterocycles. The van der Waals surface area contributed by atoms with Gasteiger partial charge in [-0.25, -0.2) is 0 Å². The van der Waals surface area contributed by atoms with Crippen LogP contribution >= 0.6 is 0 Å². The highest BCUT2D eigenvalue weighted by molar-refractivity contribution is 6.15. The number of para-hydroxylation sites is 1. The number of nitrogens with zero attached hydrogens (tertiary/aromatic N) is 1. The predicted molar refractivity (Wildman–Crippen MR) is 67.2 cm³/mol. The molecule has 1 amide bonds. The van der Waals surface area contributed by atoms with Crippen molar-refractivity contribution in [3.8, 4) is 0 Å². The lowest BCUT2D eigenvalue weighted by Crippen LogP contribution is -2.27. The van der Waals surface area contributed by atoms with Crippen LogP contribution in [0.15, 0.2) is 18.2 Å². The van der Waals surface area contributed by atoms with Gasteiger partial charge in [0.25, 0.3) is 0 Å². The average molecular weight is 231 g/mol. The van der Waals surface area contributed by atoms with Gasteiger partial charge in [-0.1, -0.05) is 32.0 Å². The SMILES string of the molecule is CCc1cccc(CC)c1N1CC(=O)CC1=O. The third-order valence-electron chi connectivity index (χ3n) is 3.22. The number of benzene rings is 1. The first-order valence-corrected chi connectivity index (χ1v) is 6.10. The molecule has 0 unspecified atom stereocenters. The van der Waals surface area contributed by atoms with Crippen molar-refractivity contribution in [1.29, 1.82) is 0 Å². The fraction of sp³-hybridized carbons (Fsp3) is 0.429. The monoisotopic (exact) mass is 231 g/mol. The van der Waals surface area contributed by atoms with E-state index in [0.717, 1.165) is 29.7 Å². The van der Waals surface area contributed by atoms with Crippen LogP contribution in [0.5, 0.6) is 0 Å². The molecule has 1 fully saturated rings. The van der Waals surface area contributed by atoms with Crippen molar-refractivity contribution in [2.24, 2.45) is 0 Å². The number of ketones is 1. The summed E-state index contributed by atoms with van der Waals surface area (Å²) in [7, 11) is 0. The molecular weight excluding hydrogens is 214 g/mol. The molecule has 1 aromatic rings. The van der Waals surface area contributed by atoms with Crippen LogP contribution in [0.3, 0.4) is 0 Å². The summed E-state index contributed by atoms with van der Waals surface area (Å²) in [6.45, 7) is 4.38. The largest absolute Gasteiger partial charge is 0.304 e. The number of Topliss-reactive ketones (excluding diaryl/α,β-unsaturated/α-hetero) is 1. The Morgan fingerprint density at radius 1 is 1.12 bits per heavy atom. The molecule has 1 aliphatic heterocycles. The van der Waals surface area contributed by atoms with Crippen molar-refractivity contribution in [2.45, 2.75) is 33.1 Å². The molecule has 1 aromatic carbocycles. The lowest BCUT2D eigenvalue weighted by atomic mass is 10.0. The summed E-state index contributed by atoms with van der Waals surface area (Å²) >= 11 is 0. The number of carbonyl (C=O) groups is 2. The van der Waals surface area contributed by atoms with Crippen LogP contribution in [0.1, 0.15) is 31.4 Å². The normalized spacial score (nSPS) is 15.8. The number of rotatable bonds is 3. The summed E-state index contributed by atoms with van der Waals surface area (Å²) in [5, 5.41) is 0. The molecule has 0 bridgehead atoms. The quantitative estimate of drug-likeness (QED) is 0.747. The van der Waals surface area contributed by atoms with Crippen molar-refractivity contribution in [1.82, 2.24) is 0 Å². The van der Waals surface area contributed by atoms with Gasteiger partial charge in [-0.15, -0.1) is 0 Å². The third-order valence-corrected chi connectivity index (χ3v) is 3.22. The molecule has 0 radical (unpaired) electrons. The van der Waals surface area contributed by atoms with E-state index in [0.29, 0.717) is 0 Å². The van der Waals surface area contributed by atoms with E-state index in [1.807, 2.05) is 18.2 Å². The topological polar surface area (TPSA) is 37.4 Å². The minimum atomic E-state index is -0.0643. The van der Waals surface area contributed by atoms with Gasteiger partial charge in [0, 0.05) is 0 Å². The summed E-state index contributed by atoms with van der Waals surface area (Å²) < 4.78 is 0. The van der Waals surface area contributed by atoms with Crippen molar-refractivity contribution >= 4 is 17.4 Å². The Hall–Kier alpha value is -1.64. The molecule has 3 heteroatoms. The van der Waals surface area contributed by atoms with E-state index in [-0.39, 0.29) is 24.7 Å². The second kappa shape index (κ2) is 4.70. The van der Waals surface area contributed by atoms with E-state index in [1.54, 1.807) is 4.90 Å². The number of amides is 1. The van der Waals surface area contributed by atoms with E-state index in [9.17, 15) is 9.59 Å². The van der Waals surface area contributed by atoms with Gasteiger partial charge >= 0.3 is 0 Å². The summed E-state index contributed by atoms with van der Waals surface area (Å²) in [5.74, 6) is -0.0476. The Labute approximate surface area is 101 Å². The van der Waals surface area contributed by atoms with Crippen molar-refractivity contribution in [2.75, 3.05) is 11.4 Å². The molecule has 0 N–H and O–H groups in total. The summed E-state index contributed by atoms with van der Waals surface area (Å²) in [6, 6.07) is 6.08. The van der Waals surface area contributed by atoms with Crippen LogP contribution in [0.2, 0.25) is 0 Å². The van der Waals surface area contributed by atoms with Gasteiger partial charge in [-0.3, -0.25) is 9.59 Å². The molecule has 1 heterocycles. The van der Waals surface area contributed by atoms with Gasteiger partial charge in [0.15, 0.2) is 5.78 Å². The fourth-order valence-electron chi connectivity index (χ4n) is 2.35. The summed E-state index contributed by atoms with van der Waals surface area (Å²) in [6.07, 6.45) is 1.81. The minimum Gasteiger partial charge on any atom is -0.304 e. The zero-order chi connectivity index (χ0) is 12.4. The lowest BCUT2D eigenvalue weighted by Gasteiger charge is -2.22. The average Bonchev–Trinajstić information content (AvgIpc) is 2.67. The van der Waals surface area contributed by atoms with Gasteiger partial charge in [-0.2, -0.15) is 0 Å². The summed E-state index contributed by atoms with van der Waals surface area (Å²) in [4.78, 5) is 24.9. The first-order valence-electron chi connectivity index (χ1n) is 6.10. The van der Waals surface area contributed by atoms with Crippen molar-refractivity contribution in [3.05, 3.63) is 29.3 Å². The number of hydrogen-bond acceptors (Lipinski definition) is 2. The Morgan fingerprint density at radius 3 is 2.12 bits per heavy atom. The molecule has 3 nitrogen and oxygen atoms in total. The van der Waals surface area contributed by atoms with Crippen LogP contribution in [-0.2, 0) is 22.4 Å². The molecule has 0 atom stereocenters. The molecule has 0 aliphatic carbocycles. The number of anilines is 1. The maximum atomic E-state index is 11.8. The van der Waals surface area contributed by atoms with Gasteiger partial charge < -0.3 is 4.90 Å².